The van der Waals surface area contributed by atoms with Crippen molar-refractivity contribution in [1.29, 1.82) is 0 Å². The second-order valence-electron chi connectivity index (χ2n) is 4.61. The standard InChI is InChI=1S/C13H16N2O4S/c1-10-7-12(14-19-10)9-20(17,18)15(2)8-11-3-5-13(16)6-4-11/h3-7,16H,8-9H2,1-2H3. The third kappa shape index (κ3) is 3.58. The summed E-state index contributed by atoms with van der Waals surface area (Å²) >= 11 is 0. The average molecular weight is 296 g/mol. The maximum absolute atomic E-state index is 12.2. The van der Waals surface area contributed by atoms with Crippen LogP contribution in [-0.2, 0) is 22.3 Å². The minimum atomic E-state index is -3.46. The molecular formula is C13H16N2O4S. The van der Waals surface area contributed by atoms with Crippen LogP contribution in [0.25, 0.3) is 0 Å². The van der Waals surface area contributed by atoms with Crippen LogP contribution in [0.3, 0.4) is 0 Å². The van der Waals surface area contributed by atoms with Crippen LogP contribution in [-0.4, -0.2) is 30.0 Å². The summed E-state index contributed by atoms with van der Waals surface area (Å²) in [7, 11) is -1.95. The Labute approximate surface area is 117 Å². The number of sulfonamides is 1. The van der Waals surface area contributed by atoms with Crippen molar-refractivity contribution >= 4 is 10.0 Å². The number of phenolic OH excluding ortho intramolecular Hbond substituents is 1. The van der Waals surface area contributed by atoms with Crippen molar-refractivity contribution in [3.63, 3.8) is 0 Å². The molecule has 2 aromatic rings. The zero-order valence-electron chi connectivity index (χ0n) is 11.3. The first-order chi connectivity index (χ1) is 9.37. The minimum absolute atomic E-state index is 0.150. The van der Waals surface area contributed by atoms with Crippen molar-refractivity contribution < 1.29 is 18.0 Å². The molecule has 0 bridgehead atoms. The molecule has 1 aromatic carbocycles. The number of phenols is 1. The van der Waals surface area contributed by atoms with Crippen LogP contribution in [0.1, 0.15) is 17.0 Å². The summed E-state index contributed by atoms with van der Waals surface area (Å²) in [4.78, 5) is 0. The van der Waals surface area contributed by atoms with Crippen LogP contribution in [0.5, 0.6) is 5.75 Å². The lowest BCUT2D eigenvalue weighted by atomic mass is 10.2. The molecule has 0 amide bonds. The van der Waals surface area contributed by atoms with Crippen LogP contribution in [0.15, 0.2) is 34.9 Å². The maximum Gasteiger partial charge on any atom is 0.220 e. The fraction of sp³-hybridized carbons (Fsp3) is 0.308. The molecule has 20 heavy (non-hydrogen) atoms. The number of benzene rings is 1. The first-order valence-corrected chi connectivity index (χ1v) is 7.62. The number of aromatic hydroxyl groups is 1. The van der Waals surface area contributed by atoms with E-state index in [2.05, 4.69) is 5.16 Å². The largest absolute Gasteiger partial charge is 0.508 e. The summed E-state index contributed by atoms with van der Waals surface area (Å²) in [6.07, 6.45) is 0. The second-order valence-corrected chi connectivity index (χ2v) is 6.68. The van der Waals surface area contributed by atoms with Gasteiger partial charge in [0.25, 0.3) is 0 Å². The predicted octanol–water partition coefficient (Wildman–Crippen LogP) is 1.65. The number of aryl methyl sites for hydroxylation is 1. The van der Waals surface area contributed by atoms with E-state index in [-0.39, 0.29) is 18.0 Å². The van der Waals surface area contributed by atoms with Gasteiger partial charge in [0.1, 0.15) is 23.0 Å². The Hall–Kier alpha value is -1.86. The fourth-order valence-corrected chi connectivity index (χ4v) is 2.82. The lowest BCUT2D eigenvalue weighted by molar-refractivity contribution is 0.391. The molecule has 7 heteroatoms. The van der Waals surface area contributed by atoms with Crippen molar-refractivity contribution in [2.75, 3.05) is 7.05 Å². The number of aromatic nitrogens is 1. The number of rotatable bonds is 5. The zero-order chi connectivity index (χ0) is 14.8. The van der Waals surface area contributed by atoms with Gasteiger partial charge in [0.2, 0.25) is 10.0 Å². The third-order valence-electron chi connectivity index (χ3n) is 2.82. The van der Waals surface area contributed by atoms with E-state index in [1.807, 2.05) is 0 Å². The van der Waals surface area contributed by atoms with Crippen LogP contribution in [0.4, 0.5) is 0 Å². The van der Waals surface area contributed by atoms with Gasteiger partial charge in [-0.1, -0.05) is 17.3 Å². The van der Waals surface area contributed by atoms with E-state index < -0.39 is 10.0 Å². The van der Waals surface area contributed by atoms with Crippen LogP contribution in [0, 0.1) is 6.92 Å². The first-order valence-electron chi connectivity index (χ1n) is 6.01. The summed E-state index contributed by atoms with van der Waals surface area (Å²) in [6.45, 7) is 1.95. The van der Waals surface area contributed by atoms with E-state index in [4.69, 9.17) is 4.52 Å². The minimum Gasteiger partial charge on any atom is -0.508 e. The lowest BCUT2D eigenvalue weighted by Gasteiger charge is -2.16. The van der Waals surface area contributed by atoms with Gasteiger partial charge >= 0.3 is 0 Å². The Balaban J connectivity index is 2.07. The topological polar surface area (TPSA) is 83.6 Å². The number of hydrogen-bond acceptors (Lipinski definition) is 5. The maximum atomic E-state index is 12.2. The smallest absolute Gasteiger partial charge is 0.220 e. The Morgan fingerprint density at radius 1 is 1.30 bits per heavy atom. The molecule has 0 saturated heterocycles. The molecule has 1 heterocycles. The second kappa shape index (κ2) is 5.64. The fourth-order valence-electron chi connectivity index (χ4n) is 1.74. The van der Waals surface area contributed by atoms with Crippen molar-refractivity contribution in [3.05, 3.63) is 47.3 Å². The van der Waals surface area contributed by atoms with Gasteiger partial charge in [0.15, 0.2) is 0 Å². The van der Waals surface area contributed by atoms with Crippen molar-refractivity contribution in [2.24, 2.45) is 0 Å². The third-order valence-corrected chi connectivity index (χ3v) is 4.56. The van der Waals surface area contributed by atoms with Gasteiger partial charge in [-0.2, -0.15) is 0 Å². The van der Waals surface area contributed by atoms with Crippen molar-refractivity contribution in [2.45, 2.75) is 19.2 Å². The molecule has 0 aliphatic rings. The summed E-state index contributed by atoms with van der Waals surface area (Å²) in [6, 6.07) is 8.02. The van der Waals surface area contributed by atoms with Gasteiger partial charge in [-0.3, -0.25) is 0 Å². The van der Waals surface area contributed by atoms with Crippen LogP contribution < -0.4 is 0 Å². The molecule has 0 unspecified atom stereocenters. The van der Waals surface area contributed by atoms with Gasteiger partial charge in [-0.15, -0.1) is 0 Å². The highest BCUT2D eigenvalue weighted by atomic mass is 32.2. The van der Waals surface area contributed by atoms with Crippen LogP contribution >= 0.6 is 0 Å². The highest BCUT2D eigenvalue weighted by molar-refractivity contribution is 7.88. The Morgan fingerprint density at radius 3 is 2.50 bits per heavy atom. The molecule has 2 rings (SSSR count). The Kier molecular flexibility index (Phi) is 4.10. The van der Waals surface area contributed by atoms with Crippen molar-refractivity contribution in [3.8, 4) is 5.75 Å². The zero-order valence-corrected chi connectivity index (χ0v) is 12.1. The monoisotopic (exact) mass is 296 g/mol. The van der Waals surface area contributed by atoms with Gasteiger partial charge in [-0.05, 0) is 24.6 Å². The molecule has 0 aliphatic carbocycles. The summed E-state index contributed by atoms with van der Waals surface area (Å²) in [5.74, 6) is 0.535. The highest BCUT2D eigenvalue weighted by Crippen LogP contribution is 2.15. The van der Waals surface area contributed by atoms with E-state index in [1.165, 1.54) is 23.5 Å². The number of nitrogens with zero attached hydrogens (tertiary/aromatic N) is 2. The summed E-state index contributed by atoms with van der Waals surface area (Å²) < 4.78 is 30.5. The summed E-state index contributed by atoms with van der Waals surface area (Å²) in [5.41, 5.74) is 1.19. The molecule has 0 fully saturated rings. The van der Waals surface area contributed by atoms with Gasteiger partial charge < -0.3 is 9.63 Å². The number of hydrogen-bond donors (Lipinski definition) is 1. The molecule has 0 atom stereocenters. The van der Waals surface area contributed by atoms with E-state index in [0.717, 1.165) is 5.56 Å². The molecule has 0 radical (unpaired) electrons. The van der Waals surface area contributed by atoms with Gasteiger partial charge in [-0.25, -0.2) is 12.7 Å². The van der Waals surface area contributed by atoms with E-state index >= 15 is 0 Å². The predicted molar refractivity (Wildman–Crippen MR) is 73.4 cm³/mol. The average Bonchev–Trinajstić information content (AvgIpc) is 2.77. The molecular weight excluding hydrogens is 280 g/mol. The molecule has 108 valence electrons. The first kappa shape index (κ1) is 14.5. The lowest BCUT2D eigenvalue weighted by Crippen LogP contribution is -2.27. The molecule has 0 spiro atoms. The van der Waals surface area contributed by atoms with Crippen molar-refractivity contribution in [1.82, 2.24) is 9.46 Å². The highest BCUT2D eigenvalue weighted by Gasteiger charge is 2.20. The van der Waals surface area contributed by atoms with Gasteiger partial charge in [0.05, 0.1) is 0 Å². The van der Waals surface area contributed by atoms with E-state index in [1.54, 1.807) is 25.1 Å². The molecule has 0 saturated carbocycles. The normalized spacial score (nSPS) is 11.9. The molecule has 6 nitrogen and oxygen atoms in total. The Bertz CT molecular complexity index is 677. The SMILES string of the molecule is Cc1cc(CS(=O)(=O)N(C)Cc2ccc(O)cc2)no1. The quantitative estimate of drug-likeness (QED) is 0.907. The van der Waals surface area contributed by atoms with E-state index in [0.29, 0.717) is 11.5 Å². The Morgan fingerprint density at radius 2 is 1.95 bits per heavy atom. The summed E-state index contributed by atoms with van der Waals surface area (Å²) in [5, 5.41) is 12.9. The van der Waals surface area contributed by atoms with Crippen LogP contribution in [0.2, 0.25) is 0 Å². The van der Waals surface area contributed by atoms with Gasteiger partial charge in [0, 0.05) is 19.7 Å². The molecule has 1 aromatic heterocycles. The van der Waals surface area contributed by atoms with E-state index in [9.17, 15) is 13.5 Å². The molecule has 1 N–H and O–H groups in total. The molecule has 0 aliphatic heterocycles.